The van der Waals surface area contributed by atoms with Gasteiger partial charge in [0.25, 0.3) is 5.91 Å². The molecule has 1 aromatic carbocycles. The Morgan fingerprint density at radius 3 is 2.47 bits per heavy atom. The minimum atomic E-state index is -0.411. The third kappa shape index (κ3) is 2.60. The summed E-state index contributed by atoms with van der Waals surface area (Å²) in [6.45, 7) is 6.20. The Kier molecular flexibility index (Phi) is 2.86. The van der Waals surface area contributed by atoms with Gasteiger partial charge in [0.1, 0.15) is 5.75 Å². The molecule has 0 atom stereocenters. The van der Waals surface area contributed by atoms with E-state index in [9.17, 15) is 4.79 Å². The van der Waals surface area contributed by atoms with Crippen molar-refractivity contribution in [2.45, 2.75) is 45.1 Å². The molecule has 1 aromatic rings. The molecule has 2 N–H and O–H groups in total. The molecule has 0 unspecified atom stereocenters. The fourth-order valence-corrected chi connectivity index (χ4v) is 1.87. The highest BCUT2D eigenvalue weighted by molar-refractivity contribution is 5.97. The third-order valence-corrected chi connectivity index (χ3v) is 2.90. The molecule has 92 valence electrons. The number of nitrogens with two attached hydrogens (primary N) is 1. The molecule has 3 heteroatoms. The summed E-state index contributed by atoms with van der Waals surface area (Å²) < 4.78 is 5.75. The fraction of sp³-hybridized carbons (Fsp3) is 0.500. The van der Waals surface area contributed by atoms with Crippen LogP contribution in [0.1, 0.15) is 49.5 Å². The summed E-state index contributed by atoms with van der Waals surface area (Å²) in [5, 5.41) is 0. The Balaban J connectivity index is 2.47. The minimum Gasteiger partial charge on any atom is -0.490 e. The maximum atomic E-state index is 11.6. The van der Waals surface area contributed by atoms with Crippen LogP contribution in [0.25, 0.3) is 0 Å². The van der Waals surface area contributed by atoms with Gasteiger partial charge < -0.3 is 10.5 Å². The summed E-state index contributed by atoms with van der Waals surface area (Å²) in [5.41, 5.74) is 6.85. The van der Waals surface area contributed by atoms with E-state index in [1.165, 1.54) is 0 Å². The van der Waals surface area contributed by atoms with Gasteiger partial charge in [-0.05, 0) is 29.9 Å². The fourth-order valence-electron chi connectivity index (χ4n) is 1.87. The Morgan fingerprint density at radius 2 is 2.00 bits per heavy atom. The lowest BCUT2D eigenvalue weighted by Crippen LogP contribution is -2.22. The van der Waals surface area contributed by atoms with Crippen LogP contribution in [-0.4, -0.2) is 12.0 Å². The van der Waals surface area contributed by atoms with Crippen molar-refractivity contribution in [3.8, 4) is 5.75 Å². The van der Waals surface area contributed by atoms with E-state index in [1.54, 1.807) is 0 Å². The second-order valence-corrected chi connectivity index (χ2v) is 5.61. The molecule has 0 aliphatic heterocycles. The number of primary amides is 1. The number of amides is 1. The summed E-state index contributed by atoms with van der Waals surface area (Å²) in [7, 11) is 0. The molecule has 1 aliphatic rings. The van der Waals surface area contributed by atoms with Gasteiger partial charge in [0.05, 0.1) is 11.7 Å². The molecule has 1 fully saturated rings. The van der Waals surface area contributed by atoms with Crippen LogP contribution in [0.3, 0.4) is 0 Å². The lowest BCUT2D eigenvalue weighted by molar-refractivity contribution is 0.0993. The van der Waals surface area contributed by atoms with Crippen LogP contribution < -0.4 is 10.5 Å². The van der Waals surface area contributed by atoms with Gasteiger partial charge in [0.2, 0.25) is 0 Å². The summed E-state index contributed by atoms with van der Waals surface area (Å²) in [6, 6.07) is 5.69. The predicted octanol–water partition coefficient (Wildman–Crippen LogP) is 2.62. The monoisotopic (exact) mass is 233 g/mol. The van der Waals surface area contributed by atoms with Gasteiger partial charge in [-0.15, -0.1) is 0 Å². The molecule has 1 aliphatic carbocycles. The van der Waals surface area contributed by atoms with Gasteiger partial charge in [-0.25, -0.2) is 0 Å². The molecular weight excluding hydrogens is 214 g/mol. The van der Waals surface area contributed by atoms with Crippen molar-refractivity contribution in [3.63, 3.8) is 0 Å². The first-order valence-corrected chi connectivity index (χ1v) is 5.99. The largest absolute Gasteiger partial charge is 0.490 e. The van der Waals surface area contributed by atoms with E-state index in [4.69, 9.17) is 10.5 Å². The number of carbonyl (C=O) groups excluding carboxylic acids is 1. The van der Waals surface area contributed by atoms with Crippen molar-refractivity contribution in [1.29, 1.82) is 0 Å². The number of ether oxygens (including phenoxy) is 1. The molecule has 3 nitrogen and oxygen atoms in total. The van der Waals surface area contributed by atoms with Gasteiger partial charge in [-0.1, -0.05) is 32.9 Å². The van der Waals surface area contributed by atoms with Gasteiger partial charge in [0.15, 0.2) is 0 Å². The standard InChI is InChI=1S/C14H19NO2/c1-14(2,3)10-5-4-6-11(12(10)13(15)16)17-9-7-8-9/h4-6,9H,7-8H2,1-3H3,(H2,15,16). The molecule has 0 saturated heterocycles. The van der Waals surface area contributed by atoms with E-state index in [0.717, 1.165) is 18.4 Å². The number of hydrogen-bond acceptors (Lipinski definition) is 2. The normalized spacial score (nSPS) is 15.7. The Bertz CT molecular complexity index is 442. The molecule has 17 heavy (non-hydrogen) atoms. The molecule has 0 aromatic heterocycles. The average Bonchev–Trinajstić information content (AvgIpc) is 2.99. The summed E-state index contributed by atoms with van der Waals surface area (Å²) in [6.07, 6.45) is 2.40. The molecular formula is C14H19NO2. The second-order valence-electron chi connectivity index (χ2n) is 5.61. The number of hydrogen-bond donors (Lipinski definition) is 1. The summed E-state index contributed by atoms with van der Waals surface area (Å²) >= 11 is 0. The van der Waals surface area contributed by atoms with Crippen LogP contribution in [0.5, 0.6) is 5.75 Å². The smallest absolute Gasteiger partial charge is 0.252 e. The lowest BCUT2D eigenvalue weighted by atomic mass is 9.83. The van der Waals surface area contributed by atoms with Gasteiger partial charge in [0, 0.05) is 0 Å². The molecule has 0 bridgehead atoms. The maximum absolute atomic E-state index is 11.6. The zero-order chi connectivity index (χ0) is 12.6. The molecule has 1 amide bonds. The maximum Gasteiger partial charge on any atom is 0.252 e. The first-order valence-electron chi connectivity index (χ1n) is 5.99. The van der Waals surface area contributed by atoms with E-state index >= 15 is 0 Å². The Morgan fingerprint density at radius 1 is 1.35 bits per heavy atom. The van der Waals surface area contributed by atoms with E-state index in [-0.39, 0.29) is 11.5 Å². The zero-order valence-corrected chi connectivity index (χ0v) is 10.6. The zero-order valence-electron chi connectivity index (χ0n) is 10.6. The van der Waals surface area contributed by atoms with Gasteiger partial charge in [-0.2, -0.15) is 0 Å². The molecule has 2 rings (SSSR count). The first kappa shape index (κ1) is 12.0. The Hall–Kier alpha value is -1.51. The molecule has 0 spiro atoms. The molecule has 0 radical (unpaired) electrons. The van der Waals surface area contributed by atoms with Crippen molar-refractivity contribution in [3.05, 3.63) is 29.3 Å². The minimum absolute atomic E-state index is 0.118. The summed E-state index contributed by atoms with van der Waals surface area (Å²) in [4.78, 5) is 11.6. The van der Waals surface area contributed by atoms with E-state index < -0.39 is 5.91 Å². The van der Waals surface area contributed by atoms with Crippen molar-refractivity contribution >= 4 is 5.91 Å². The average molecular weight is 233 g/mol. The van der Waals surface area contributed by atoms with Crippen molar-refractivity contribution in [2.75, 3.05) is 0 Å². The lowest BCUT2D eigenvalue weighted by Gasteiger charge is -2.23. The van der Waals surface area contributed by atoms with Crippen molar-refractivity contribution in [2.24, 2.45) is 5.73 Å². The van der Waals surface area contributed by atoms with Crippen LogP contribution >= 0.6 is 0 Å². The van der Waals surface area contributed by atoms with Crippen LogP contribution in [0.2, 0.25) is 0 Å². The van der Waals surface area contributed by atoms with Crippen LogP contribution in [0.15, 0.2) is 18.2 Å². The number of rotatable bonds is 3. The van der Waals surface area contributed by atoms with Gasteiger partial charge >= 0.3 is 0 Å². The van der Waals surface area contributed by atoms with Crippen molar-refractivity contribution in [1.82, 2.24) is 0 Å². The topological polar surface area (TPSA) is 52.3 Å². The second kappa shape index (κ2) is 4.06. The van der Waals surface area contributed by atoms with Crippen LogP contribution in [0, 0.1) is 0 Å². The summed E-state index contributed by atoms with van der Waals surface area (Å²) in [5.74, 6) is 0.221. The number of benzene rings is 1. The van der Waals surface area contributed by atoms with Crippen molar-refractivity contribution < 1.29 is 9.53 Å². The Labute approximate surface area is 102 Å². The highest BCUT2D eigenvalue weighted by Gasteiger charge is 2.28. The molecule has 0 heterocycles. The predicted molar refractivity (Wildman–Crippen MR) is 67.3 cm³/mol. The highest BCUT2D eigenvalue weighted by Crippen LogP contribution is 2.34. The van der Waals surface area contributed by atoms with E-state index in [0.29, 0.717) is 11.3 Å². The highest BCUT2D eigenvalue weighted by atomic mass is 16.5. The van der Waals surface area contributed by atoms with E-state index in [2.05, 4.69) is 20.8 Å². The SMILES string of the molecule is CC(C)(C)c1cccc(OC2CC2)c1C(N)=O. The quantitative estimate of drug-likeness (QED) is 0.872. The third-order valence-electron chi connectivity index (χ3n) is 2.90. The van der Waals surface area contributed by atoms with Crippen LogP contribution in [0.4, 0.5) is 0 Å². The molecule has 1 saturated carbocycles. The van der Waals surface area contributed by atoms with Gasteiger partial charge in [-0.3, -0.25) is 4.79 Å². The van der Waals surface area contributed by atoms with Crippen LogP contribution in [-0.2, 0) is 5.41 Å². The first-order chi connectivity index (χ1) is 7.89. The van der Waals surface area contributed by atoms with E-state index in [1.807, 2.05) is 18.2 Å². The number of carbonyl (C=O) groups is 1.